The number of piperazine rings is 1. The zero-order chi connectivity index (χ0) is 16.3. The van der Waals surface area contributed by atoms with Gasteiger partial charge in [-0.15, -0.1) is 0 Å². The summed E-state index contributed by atoms with van der Waals surface area (Å²) in [5, 5.41) is 2.63. The molecule has 1 aromatic carbocycles. The van der Waals surface area contributed by atoms with E-state index in [0.29, 0.717) is 37.4 Å². The van der Waals surface area contributed by atoms with Gasteiger partial charge in [-0.2, -0.15) is 4.31 Å². The molecular formula is C14H19N3O4S. The minimum atomic E-state index is -3.21. The van der Waals surface area contributed by atoms with E-state index < -0.39 is 10.0 Å². The van der Waals surface area contributed by atoms with Crippen LogP contribution >= 0.6 is 0 Å². The van der Waals surface area contributed by atoms with E-state index in [4.69, 9.17) is 0 Å². The summed E-state index contributed by atoms with van der Waals surface area (Å²) in [4.78, 5) is 25.1. The van der Waals surface area contributed by atoms with Crippen LogP contribution in [0.2, 0.25) is 0 Å². The Kier molecular flexibility index (Phi) is 4.82. The fraction of sp³-hybridized carbons (Fsp3) is 0.429. The van der Waals surface area contributed by atoms with Crippen LogP contribution in [0.4, 0.5) is 5.69 Å². The molecule has 0 saturated carbocycles. The molecule has 7 nitrogen and oxygen atoms in total. The maximum Gasteiger partial charge on any atom is 0.254 e. The number of hydrogen-bond acceptors (Lipinski definition) is 4. The van der Waals surface area contributed by atoms with Crippen molar-refractivity contribution in [3.8, 4) is 0 Å². The normalized spacial score (nSPS) is 16.4. The van der Waals surface area contributed by atoms with Gasteiger partial charge in [-0.25, -0.2) is 8.42 Å². The lowest BCUT2D eigenvalue weighted by atomic mass is 10.1. The van der Waals surface area contributed by atoms with Crippen LogP contribution in [-0.2, 0) is 14.8 Å². The number of sulfonamides is 1. The predicted molar refractivity (Wildman–Crippen MR) is 83.1 cm³/mol. The molecule has 0 bridgehead atoms. The standard InChI is InChI=1S/C14H19N3O4S/c1-11(18)15-13-5-3-4-12(10-13)14(19)16-6-8-17(9-7-16)22(2,20)21/h3-5,10H,6-9H2,1-2H3,(H,15,18). The van der Waals surface area contributed by atoms with Crippen LogP contribution in [0.1, 0.15) is 17.3 Å². The molecule has 0 atom stereocenters. The van der Waals surface area contributed by atoms with Gasteiger partial charge >= 0.3 is 0 Å². The van der Waals surface area contributed by atoms with Crippen molar-refractivity contribution in [1.29, 1.82) is 0 Å². The summed E-state index contributed by atoms with van der Waals surface area (Å²) in [5.41, 5.74) is 1.03. The average Bonchev–Trinajstić information content (AvgIpc) is 2.45. The highest BCUT2D eigenvalue weighted by Crippen LogP contribution is 2.15. The van der Waals surface area contributed by atoms with E-state index in [-0.39, 0.29) is 11.8 Å². The van der Waals surface area contributed by atoms with Gasteiger partial charge in [0.2, 0.25) is 15.9 Å². The second-order valence-corrected chi connectivity index (χ2v) is 7.20. The number of carbonyl (C=O) groups excluding carboxylic acids is 2. The minimum Gasteiger partial charge on any atom is -0.336 e. The van der Waals surface area contributed by atoms with Gasteiger partial charge < -0.3 is 10.2 Å². The number of nitrogens with zero attached hydrogens (tertiary/aromatic N) is 2. The summed E-state index contributed by atoms with van der Waals surface area (Å²) >= 11 is 0. The second kappa shape index (κ2) is 6.45. The van der Waals surface area contributed by atoms with E-state index >= 15 is 0 Å². The van der Waals surface area contributed by atoms with Crippen molar-refractivity contribution < 1.29 is 18.0 Å². The van der Waals surface area contributed by atoms with Gasteiger partial charge in [0.25, 0.3) is 5.91 Å². The van der Waals surface area contributed by atoms with Crippen LogP contribution < -0.4 is 5.32 Å². The van der Waals surface area contributed by atoms with E-state index in [1.165, 1.54) is 17.5 Å². The molecule has 1 aliphatic rings. The molecule has 120 valence electrons. The highest BCUT2D eigenvalue weighted by molar-refractivity contribution is 7.88. The van der Waals surface area contributed by atoms with Crippen molar-refractivity contribution in [1.82, 2.24) is 9.21 Å². The highest BCUT2D eigenvalue weighted by atomic mass is 32.2. The molecule has 0 aliphatic carbocycles. The molecule has 8 heteroatoms. The molecule has 1 saturated heterocycles. The maximum absolute atomic E-state index is 12.4. The molecule has 22 heavy (non-hydrogen) atoms. The lowest BCUT2D eigenvalue weighted by Gasteiger charge is -2.33. The molecule has 1 aliphatic heterocycles. The fourth-order valence-corrected chi connectivity index (χ4v) is 3.17. The number of rotatable bonds is 3. The molecule has 2 amide bonds. The largest absolute Gasteiger partial charge is 0.336 e. The number of benzene rings is 1. The zero-order valence-corrected chi connectivity index (χ0v) is 13.4. The summed E-state index contributed by atoms with van der Waals surface area (Å²) in [6.07, 6.45) is 1.17. The summed E-state index contributed by atoms with van der Waals surface area (Å²) in [6.45, 7) is 2.72. The third kappa shape index (κ3) is 4.05. The number of nitrogens with one attached hydrogen (secondary N) is 1. The summed E-state index contributed by atoms with van der Waals surface area (Å²) in [5.74, 6) is -0.369. The SMILES string of the molecule is CC(=O)Nc1cccc(C(=O)N2CCN(S(C)(=O)=O)CC2)c1. The van der Waals surface area contributed by atoms with Gasteiger partial charge in [-0.1, -0.05) is 6.07 Å². The molecule has 0 aromatic heterocycles. The average molecular weight is 325 g/mol. The van der Waals surface area contributed by atoms with Crippen molar-refractivity contribution in [3.05, 3.63) is 29.8 Å². The van der Waals surface area contributed by atoms with E-state index in [1.807, 2.05) is 0 Å². The van der Waals surface area contributed by atoms with Gasteiger partial charge in [0.1, 0.15) is 0 Å². The van der Waals surface area contributed by atoms with Crippen molar-refractivity contribution in [2.45, 2.75) is 6.92 Å². The van der Waals surface area contributed by atoms with Gasteiger partial charge in [-0.3, -0.25) is 9.59 Å². The van der Waals surface area contributed by atoms with Crippen LogP contribution in [0, 0.1) is 0 Å². The number of anilines is 1. The Balaban J connectivity index is 2.05. The highest BCUT2D eigenvalue weighted by Gasteiger charge is 2.26. The van der Waals surface area contributed by atoms with Crippen molar-refractivity contribution >= 4 is 27.5 Å². The van der Waals surface area contributed by atoms with Gasteiger partial charge in [-0.05, 0) is 18.2 Å². The quantitative estimate of drug-likeness (QED) is 0.869. The van der Waals surface area contributed by atoms with Gasteiger partial charge in [0.15, 0.2) is 0 Å². The first kappa shape index (κ1) is 16.4. The molecule has 0 radical (unpaired) electrons. The molecular weight excluding hydrogens is 306 g/mol. The van der Waals surface area contributed by atoms with Crippen LogP contribution in [0.5, 0.6) is 0 Å². The molecule has 0 spiro atoms. The smallest absolute Gasteiger partial charge is 0.254 e. The summed E-state index contributed by atoms with van der Waals surface area (Å²) < 4.78 is 24.3. The number of hydrogen-bond donors (Lipinski definition) is 1. The van der Waals surface area contributed by atoms with E-state index in [0.717, 1.165) is 0 Å². The van der Waals surface area contributed by atoms with E-state index in [2.05, 4.69) is 5.32 Å². The number of carbonyl (C=O) groups is 2. The van der Waals surface area contributed by atoms with Crippen LogP contribution in [-0.4, -0.2) is 61.9 Å². The van der Waals surface area contributed by atoms with Crippen LogP contribution in [0.3, 0.4) is 0 Å². The lowest BCUT2D eigenvalue weighted by molar-refractivity contribution is -0.114. The van der Waals surface area contributed by atoms with E-state index in [1.54, 1.807) is 29.2 Å². The van der Waals surface area contributed by atoms with Crippen molar-refractivity contribution in [3.63, 3.8) is 0 Å². The van der Waals surface area contributed by atoms with Crippen LogP contribution in [0.25, 0.3) is 0 Å². The first-order valence-corrected chi connectivity index (χ1v) is 8.74. The van der Waals surface area contributed by atoms with E-state index in [9.17, 15) is 18.0 Å². The third-order valence-electron chi connectivity index (χ3n) is 3.42. The molecule has 0 unspecified atom stereocenters. The van der Waals surface area contributed by atoms with Crippen LogP contribution in [0.15, 0.2) is 24.3 Å². The predicted octanol–water partition coefficient (Wildman–Crippen LogP) is 0.362. The first-order chi connectivity index (χ1) is 10.3. The third-order valence-corrected chi connectivity index (χ3v) is 4.73. The molecule has 1 aromatic rings. The molecule has 1 fully saturated rings. The van der Waals surface area contributed by atoms with Gasteiger partial charge in [0, 0.05) is 44.4 Å². The zero-order valence-electron chi connectivity index (χ0n) is 12.6. The monoisotopic (exact) mass is 325 g/mol. The lowest BCUT2D eigenvalue weighted by Crippen LogP contribution is -2.50. The Morgan fingerprint density at radius 1 is 1.14 bits per heavy atom. The summed E-state index contributed by atoms with van der Waals surface area (Å²) in [7, 11) is -3.21. The number of amides is 2. The second-order valence-electron chi connectivity index (χ2n) is 5.22. The first-order valence-electron chi connectivity index (χ1n) is 6.89. The Bertz CT molecular complexity index is 679. The van der Waals surface area contributed by atoms with Gasteiger partial charge in [0.05, 0.1) is 6.26 Å². The Labute approximate surface area is 129 Å². The molecule has 1 N–H and O–H groups in total. The Morgan fingerprint density at radius 3 is 2.32 bits per heavy atom. The minimum absolute atomic E-state index is 0.166. The topological polar surface area (TPSA) is 86.8 Å². The maximum atomic E-state index is 12.4. The summed E-state index contributed by atoms with van der Waals surface area (Å²) in [6, 6.07) is 6.70. The molecule has 2 rings (SSSR count). The molecule has 1 heterocycles. The Morgan fingerprint density at radius 2 is 1.77 bits per heavy atom. The van der Waals surface area contributed by atoms with Crippen molar-refractivity contribution in [2.24, 2.45) is 0 Å². The van der Waals surface area contributed by atoms with Crippen molar-refractivity contribution in [2.75, 3.05) is 37.8 Å². The fourth-order valence-electron chi connectivity index (χ4n) is 2.34. The Hall–Kier alpha value is -1.93.